The highest BCUT2D eigenvalue weighted by molar-refractivity contribution is 6.37. The Kier molecular flexibility index (Phi) is 6.02. The molecule has 0 radical (unpaired) electrons. The van der Waals surface area contributed by atoms with Gasteiger partial charge in [0.25, 0.3) is 5.91 Å². The standard InChI is InChI=1S/C18H13Cl2FN2O2/c1-3-11-5-4-6-12(7-11)23(10-17(24)22-2)18(25)13-8-16(21)15(20)9-14(13)19/h1,4-9H,10H2,2H3,(H,22,24). The quantitative estimate of drug-likeness (QED) is 0.653. The smallest absolute Gasteiger partial charge is 0.260 e. The number of carbonyl (C=O) groups excluding carboxylic acids is 2. The van der Waals surface area contributed by atoms with Crippen molar-refractivity contribution in [3.63, 3.8) is 0 Å². The van der Waals surface area contributed by atoms with E-state index in [1.165, 1.54) is 7.05 Å². The molecule has 2 amide bonds. The number of halogens is 3. The average Bonchev–Trinajstić information content (AvgIpc) is 2.61. The molecule has 2 rings (SSSR count). The maximum absolute atomic E-state index is 13.8. The first kappa shape index (κ1) is 18.8. The summed E-state index contributed by atoms with van der Waals surface area (Å²) in [5.74, 6) is 0.602. The molecule has 0 saturated heterocycles. The Balaban J connectivity index is 2.51. The molecule has 0 aliphatic heterocycles. The molecular formula is C18H13Cl2FN2O2. The third-order valence-corrected chi connectivity index (χ3v) is 3.99. The van der Waals surface area contributed by atoms with Crippen molar-refractivity contribution in [1.29, 1.82) is 0 Å². The van der Waals surface area contributed by atoms with Crippen LogP contribution in [-0.2, 0) is 4.79 Å². The molecule has 2 aromatic carbocycles. The van der Waals surface area contributed by atoms with E-state index in [-0.39, 0.29) is 22.2 Å². The summed E-state index contributed by atoms with van der Waals surface area (Å²) in [7, 11) is 1.44. The molecule has 128 valence electrons. The first-order valence-electron chi connectivity index (χ1n) is 7.11. The van der Waals surface area contributed by atoms with Crippen LogP contribution in [0.25, 0.3) is 0 Å². The number of likely N-dealkylation sites (N-methyl/N-ethyl adjacent to an activating group) is 1. The van der Waals surface area contributed by atoms with Crippen molar-refractivity contribution in [3.05, 3.63) is 63.4 Å². The minimum atomic E-state index is -0.785. The number of amides is 2. The van der Waals surface area contributed by atoms with Gasteiger partial charge in [0.1, 0.15) is 12.4 Å². The molecule has 0 aromatic heterocycles. The van der Waals surface area contributed by atoms with E-state index in [9.17, 15) is 14.0 Å². The molecule has 0 fully saturated rings. The maximum atomic E-state index is 13.8. The molecule has 0 spiro atoms. The van der Waals surface area contributed by atoms with E-state index >= 15 is 0 Å². The van der Waals surface area contributed by atoms with Crippen molar-refractivity contribution in [1.82, 2.24) is 5.32 Å². The van der Waals surface area contributed by atoms with Crippen LogP contribution in [0.2, 0.25) is 10.0 Å². The van der Waals surface area contributed by atoms with Gasteiger partial charge in [0.05, 0.1) is 15.6 Å². The summed E-state index contributed by atoms with van der Waals surface area (Å²) >= 11 is 11.7. The Morgan fingerprint density at radius 1 is 1.24 bits per heavy atom. The van der Waals surface area contributed by atoms with Crippen molar-refractivity contribution >= 4 is 40.7 Å². The Hall–Kier alpha value is -2.55. The van der Waals surface area contributed by atoms with Gasteiger partial charge < -0.3 is 5.32 Å². The van der Waals surface area contributed by atoms with Crippen LogP contribution in [0.3, 0.4) is 0 Å². The molecule has 1 N–H and O–H groups in total. The summed E-state index contributed by atoms with van der Waals surface area (Å²) in [6, 6.07) is 8.60. The Labute approximate surface area is 154 Å². The summed E-state index contributed by atoms with van der Waals surface area (Å²) in [4.78, 5) is 25.9. The van der Waals surface area contributed by atoms with Crippen molar-refractivity contribution < 1.29 is 14.0 Å². The lowest BCUT2D eigenvalue weighted by Gasteiger charge is -2.23. The van der Waals surface area contributed by atoms with Gasteiger partial charge in [0, 0.05) is 18.3 Å². The highest BCUT2D eigenvalue weighted by atomic mass is 35.5. The summed E-state index contributed by atoms with van der Waals surface area (Å²) in [6.07, 6.45) is 5.38. The van der Waals surface area contributed by atoms with Crippen molar-refractivity contribution in [2.75, 3.05) is 18.5 Å². The van der Waals surface area contributed by atoms with Crippen LogP contribution in [0.4, 0.5) is 10.1 Å². The topological polar surface area (TPSA) is 49.4 Å². The summed E-state index contributed by atoms with van der Waals surface area (Å²) < 4.78 is 13.8. The number of hydrogen-bond donors (Lipinski definition) is 1. The van der Waals surface area contributed by atoms with E-state index in [1.54, 1.807) is 24.3 Å². The SMILES string of the molecule is C#Cc1cccc(N(CC(=O)NC)C(=O)c2cc(F)c(Cl)cc2Cl)c1. The molecule has 0 aliphatic rings. The predicted octanol–water partition coefficient (Wildman–Crippen LogP) is 3.51. The molecule has 0 unspecified atom stereocenters. The van der Waals surface area contributed by atoms with Crippen LogP contribution in [0.5, 0.6) is 0 Å². The number of nitrogens with one attached hydrogen (secondary N) is 1. The largest absolute Gasteiger partial charge is 0.358 e. The highest BCUT2D eigenvalue weighted by Crippen LogP contribution is 2.27. The van der Waals surface area contributed by atoms with Crippen LogP contribution in [0.1, 0.15) is 15.9 Å². The van der Waals surface area contributed by atoms with E-state index in [0.717, 1.165) is 17.0 Å². The average molecular weight is 379 g/mol. The lowest BCUT2D eigenvalue weighted by Crippen LogP contribution is -2.40. The fourth-order valence-corrected chi connectivity index (χ4v) is 2.56. The molecule has 2 aromatic rings. The molecule has 0 heterocycles. The number of terminal acetylenes is 1. The zero-order valence-electron chi connectivity index (χ0n) is 13.1. The Morgan fingerprint density at radius 3 is 2.60 bits per heavy atom. The monoisotopic (exact) mass is 378 g/mol. The molecule has 0 atom stereocenters. The highest BCUT2D eigenvalue weighted by Gasteiger charge is 2.24. The maximum Gasteiger partial charge on any atom is 0.260 e. The van der Waals surface area contributed by atoms with Crippen LogP contribution in [0, 0.1) is 18.2 Å². The Morgan fingerprint density at radius 2 is 1.96 bits per heavy atom. The number of rotatable bonds is 4. The molecule has 0 bridgehead atoms. The lowest BCUT2D eigenvalue weighted by molar-refractivity contribution is -0.119. The van der Waals surface area contributed by atoms with Crippen molar-refractivity contribution in [2.45, 2.75) is 0 Å². The van der Waals surface area contributed by atoms with Crippen LogP contribution in [0.15, 0.2) is 36.4 Å². The molecule has 0 aliphatic carbocycles. The normalized spacial score (nSPS) is 10.0. The van der Waals surface area contributed by atoms with Crippen LogP contribution >= 0.6 is 23.2 Å². The Bertz CT molecular complexity index is 878. The molecule has 0 saturated carbocycles. The van der Waals surface area contributed by atoms with Gasteiger partial charge in [-0.1, -0.05) is 35.2 Å². The second-order valence-corrected chi connectivity index (χ2v) is 5.82. The second-order valence-electron chi connectivity index (χ2n) is 5.01. The summed E-state index contributed by atoms with van der Waals surface area (Å²) in [6.45, 7) is -0.288. The van der Waals surface area contributed by atoms with Gasteiger partial charge in [-0.15, -0.1) is 6.42 Å². The fourth-order valence-electron chi connectivity index (χ4n) is 2.10. The minimum Gasteiger partial charge on any atom is -0.358 e. The molecule has 25 heavy (non-hydrogen) atoms. The van der Waals surface area contributed by atoms with Gasteiger partial charge in [0.15, 0.2) is 0 Å². The zero-order valence-corrected chi connectivity index (χ0v) is 14.7. The molecule has 4 nitrogen and oxygen atoms in total. The number of hydrogen-bond acceptors (Lipinski definition) is 2. The van der Waals surface area contributed by atoms with Gasteiger partial charge in [0.2, 0.25) is 5.91 Å². The zero-order chi connectivity index (χ0) is 18.6. The van der Waals surface area contributed by atoms with Crippen LogP contribution < -0.4 is 10.2 Å². The van der Waals surface area contributed by atoms with Gasteiger partial charge in [-0.3, -0.25) is 14.5 Å². The molecular weight excluding hydrogens is 366 g/mol. The van der Waals surface area contributed by atoms with Gasteiger partial charge in [-0.05, 0) is 30.3 Å². The second kappa shape index (κ2) is 8.02. The predicted molar refractivity (Wildman–Crippen MR) is 96.5 cm³/mol. The number of benzene rings is 2. The first-order valence-corrected chi connectivity index (χ1v) is 7.86. The molecule has 7 heteroatoms. The van der Waals surface area contributed by atoms with E-state index in [0.29, 0.717) is 11.3 Å². The lowest BCUT2D eigenvalue weighted by atomic mass is 10.1. The number of nitrogens with zero attached hydrogens (tertiary/aromatic N) is 1. The summed E-state index contributed by atoms with van der Waals surface area (Å²) in [5, 5.41) is 2.21. The first-order chi connectivity index (χ1) is 11.9. The van der Waals surface area contributed by atoms with Crippen molar-refractivity contribution in [3.8, 4) is 12.3 Å². The van der Waals surface area contributed by atoms with Gasteiger partial charge in [-0.2, -0.15) is 0 Å². The van der Waals surface area contributed by atoms with E-state index < -0.39 is 17.6 Å². The third kappa shape index (κ3) is 4.30. The van der Waals surface area contributed by atoms with Crippen LogP contribution in [-0.4, -0.2) is 25.4 Å². The van der Waals surface area contributed by atoms with E-state index in [2.05, 4.69) is 11.2 Å². The summed E-state index contributed by atoms with van der Waals surface area (Å²) in [5.41, 5.74) is 0.801. The number of anilines is 1. The van der Waals surface area contributed by atoms with E-state index in [1.807, 2.05) is 0 Å². The van der Waals surface area contributed by atoms with Crippen molar-refractivity contribution in [2.24, 2.45) is 0 Å². The van der Waals surface area contributed by atoms with E-state index in [4.69, 9.17) is 29.6 Å². The van der Waals surface area contributed by atoms with Gasteiger partial charge >= 0.3 is 0 Å². The van der Waals surface area contributed by atoms with Gasteiger partial charge in [-0.25, -0.2) is 4.39 Å². The minimum absolute atomic E-state index is 0.0218. The fraction of sp³-hybridized carbons (Fsp3) is 0.111. The number of carbonyl (C=O) groups is 2. The third-order valence-electron chi connectivity index (χ3n) is 3.39.